The molecular formula is C17H18N4O3S. The van der Waals surface area contributed by atoms with E-state index in [1.165, 1.54) is 16.2 Å². The second-order valence-corrected chi connectivity index (χ2v) is 7.33. The Morgan fingerprint density at radius 3 is 2.64 bits per heavy atom. The Bertz CT molecular complexity index is 820. The smallest absolute Gasteiger partial charge is 0.240 e. The van der Waals surface area contributed by atoms with Crippen molar-refractivity contribution in [2.24, 2.45) is 0 Å². The third kappa shape index (κ3) is 3.43. The zero-order valence-electron chi connectivity index (χ0n) is 14.0. The zero-order chi connectivity index (χ0) is 18.0. The molecule has 1 aromatic heterocycles. The van der Waals surface area contributed by atoms with Crippen molar-refractivity contribution in [3.05, 3.63) is 40.9 Å². The predicted molar refractivity (Wildman–Crippen MR) is 93.0 cm³/mol. The lowest BCUT2D eigenvalue weighted by Gasteiger charge is -2.22. The highest BCUT2D eigenvalue weighted by Crippen LogP contribution is 2.36. The largest absolute Gasteiger partial charge is 0.300 e. The molecule has 2 aromatic rings. The summed E-state index contributed by atoms with van der Waals surface area (Å²) in [5, 5.41) is 11.4. The monoisotopic (exact) mass is 358 g/mol. The van der Waals surface area contributed by atoms with Crippen LogP contribution < -0.4 is 5.32 Å². The average Bonchev–Trinajstić information content (AvgIpc) is 3.09. The van der Waals surface area contributed by atoms with Crippen LogP contribution in [0.1, 0.15) is 30.3 Å². The quantitative estimate of drug-likeness (QED) is 0.824. The molecule has 25 heavy (non-hydrogen) atoms. The number of aryl methyl sites for hydroxylation is 1. The van der Waals surface area contributed by atoms with E-state index in [9.17, 15) is 14.4 Å². The minimum absolute atomic E-state index is 0.0287. The van der Waals surface area contributed by atoms with Crippen LogP contribution in [0.15, 0.2) is 30.3 Å². The zero-order valence-corrected chi connectivity index (χ0v) is 14.8. The van der Waals surface area contributed by atoms with E-state index in [1.807, 2.05) is 30.3 Å². The molecule has 7 nitrogen and oxygen atoms in total. The first-order chi connectivity index (χ1) is 11.9. The van der Waals surface area contributed by atoms with Gasteiger partial charge in [0.2, 0.25) is 22.9 Å². The number of aromatic nitrogens is 2. The van der Waals surface area contributed by atoms with Gasteiger partial charge in [-0.05, 0) is 19.4 Å². The van der Waals surface area contributed by atoms with E-state index >= 15 is 0 Å². The predicted octanol–water partition coefficient (Wildman–Crippen LogP) is 1.89. The van der Waals surface area contributed by atoms with Gasteiger partial charge in [0.25, 0.3) is 0 Å². The molecule has 1 N–H and O–H groups in total. The van der Waals surface area contributed by atoms with Gasteiger partial charge in [-0.15, -0.1) is 10.2 Å². The summed E-state index contributed by atoms with van der Waals surface area (Å²) in [7, 11) is 0. The third-order valence-electron chi connectivity index (χ3n) is 4.27. The number of imide groups is 1. The summed E-state index contributed by atoms with van der Waals surface area (Å²) in [6, 6.07) is 9.25. The second-order valence-electron chi connectivity index (χ2n) is 6.15. The van der Waals surface area contributed by atoms with Gasteiger partial charge in [-0.3, -0.25) is 19.3 Å². The van der Waals surface area contributed by atoms with Gasteiger partial charge in [-0.1, -0.05) is 41.7 Å². The van der Waals surface area contributed by atoms with Crippen molar-refractivity contribution in [1.82, 2.24) is 15.1 Å². The minimum Gasteiger partial charge on any atom is -0.300 e. The van der Waals surface area contributed by atoms with Crippen LogP contribution >= 0.6 is 11.3 Å². The van der Waals surface area contributed by atoms with Crippen LogP contribution in [0, 0.1) is 6.92 Å². The minimum atomic E-state index is -0.870. The molecule has 8 heteroatoms. The second kappa shape index (κ2) is 6.72. The Morgan fingerprint density at radius 2 is 2.00 bits per heavy atom. The Kier molecular flexibility index (Phi) is 4.63. The maximum Gasteiger partial charge on any atom is 0.240 e. The highest BCUT2D eigenvalue weighted by Gasteiger charge is 2.49. The number of benzene rings is 1. The number of hydrogen-bond donors (Lipinski definition) is 1. The fraction of sp³-hybridized carbons (Fsp3) is 0.353. The molecule has 0 saturated carbocycles. The topological polar surface area (TPSA) is 92.3 Å². The van der Waals surface area contributed by atoms with E-state index in [0.717, 1.165) is 10.6 Å². The van der Waals surface area contributed by atoms with Crippen LogP contribution in [0.2, 0.25) is 0 Å². The fourth-order valence-corrected chi connectivity index (χ4v) is 3.49. The number of carbonyl (C=O) groups is 3. The Labute approximate surface area is 149 Å². The number of hydrogen-bond acceptors (Lipinski definition) is 6. The van der Waals surface area contributed by atoms with Gasteiger partial charge < -0.3 is 5.32 Å². The molecule has 0 bridgehead atoms. The molecule has 1 aliphatic rings. The Balaban J connectivity index is 1.64. The number of nitrogens with zero attached hydrogens (tertiary/aromatic N) is 3. The molecule has 130 valence electrons. The van der Waals surface area contributed by atoms with Gasteiger partial charge in [-0.25, -0.2) is 0 Å². The van der Waals surface area contributed by atoms with Crippen molar-refractivity contribution in [3.8, 4) is 0 Å². The van der Waals surface area contributed by atoms with Gasteiger partial charge in [0.15, 0.2) is 0 Å². The van der Waals surface area contributed by atoms with Crippen LogP contribution in [0.5, 0.6) is 0 Å². The Hall–Kier alpha value is -2.61. The molecule has 3 rings (SSSR count). The van der Waals surface area contributed by atoms with Crippen molar-refractivity contribution < 1.29 is 14.4 Å². The van der Waals surface area contributed by atoms with Crippen LogP contribution in [0.4, 0.5) is 5.13 Å². The summed E-state index contributed by atoms with van der Waals surface area (Å²) in [5.41, 5.74) is -0.0600. The van der Waals surface area contributed by atoms with Gasteiger partial charge in [0.05, 0.1) is 5.41 Å². The van der Waals surface area contributed by atoms with Crippen molar-refractivity contribution in [1.29, 1.82) is 0 Å². The molecule has 0 radical (unpaired) electrons. The number of nitrogens with one attached hydrogen (secondary N) is 1. The average molecular weight is 358 g/mol. The first kappa shape index (κ1) is 17.2. The van der Waals surface area contributed by atoms with Gasteiger partial charge in [0.1, 0.15) is 5.01 Å². The van der Waals surface area contributed by atoms with E-state index in [1.54, 1.807) is 13.8 Å². The van der Waals surface area contributed by atoms with E-state index < -0.39 is 5.41 Å². The number of rotatable bonds is 5. The molecule has 0 aliphatic carbocycles. The van der Waals surface area contributed by atoms with E-state index in [0.29, 0.717) is 5.13 Å². The molecular weight excluding hydrogens is 340 g/mol. The lowest BCUT2D eigenvalue weighted by Crippen LogP contribution is -2.38. The summed E-state index contributed by atoms with van der Waals surface area (Å²) in [4.78, 5) is 38.2. The molecule has 1 saturated heterocycles. The summed E-state index contributed by atoms with van der Waals surface area (Å²) in [6.07, 6.45) is 0.147. The van der Waals surface area contributed by atoms with E-state index in [-0.39, 0.29) is 37.1 Å². The molecule has 0 spiro atoms. The summed E-state index contributed by atoms with van der Waals surface area (Å²) in [6.45, 7) is 3.62. The molecule has 1 atom stereocenters. The molecule has 1 unspecified atom stereocenters. The highest BCUT2D eigenvalue weighted by molar-refractivity contribution is 7.15. The van der Waals surface area contributed by atoms with Gasteiger partial charge in [0, 0.05) is 19.4 Å². The van der Waals surface area contributed by atoms with Crippen molar-refractivity contribution in [2.75, 3.05) is 11.9 Å². The lowest BCUT2D eigenvalue weighted by molar-refractivity contribution is -0.139. The molecule has 1 fully saturated rings. The molecule has 2 heterocycles. The van der Waals surface area contributed by atoms with Crippen LogP contribution in [0.25, 0.3) is 0 Å². The fourth-order valence-electron chi connectivity index (χ4n) is 2.88. The van der Waals surface area contributed by atoms with E-state index in [2.05, 4.69) is 15.5 Å². The van der Waals surface area contributed by atoms with E-state index in [4.69, 9.17) is 0 Å². The maximum atomic E-state index is 12.8. The highest BCUT2D eigenvalue weighted by atomic mass is 32.1. The van der Waals surface area contributed by atoms with Crippen LogP contribution in [0.3, 0.4) is 0 Å². The number of likely N-dealkylation sites (tertiary alicyclic amines) is 1. The number of anilines is 1. The molecule has 3 amide bonds. The van der Waals surface area contributed by atoms with Crippen molar-refractivity contribution in [3.63, 3.8) is 0 Å². The molecule has 1 aromatic carbocycles. The Morgan fingerprint density at radius 1 is 1.28 bits per heavy atom. The third-order valence-corrected chi connectivity index (χ3v) is 5.02. The normalized spacial score (nSPS) is 20.2. The lowest BCUT2D eigenvalue weighted by atomic mass is 9.81. The van der Waals surface area contributed by atoms with Crippen LogP contribution in [-0.4, -0.2) is 39.4 Å². The van der Waals surface area contributed by atoms with Gasteiger partial charge >= 0.3 is 0 Å². The first-order valence-corrected chi connectivity index (χ1v) is 8.72. The number of carbonyl (C=O) groups excluding carboxylic acids is 3. The van der Waals surface area contributed by atoms with Gasteiger partial charge in [-0.2, -0.15) is 0 Å². The maximum absolute atomic E-state index is 12.8. The standard InChI is InChI=1S/C17H18N4O3S/c1-11-19-20-16(25-11)18-13(22)8-9-21-14(23)10-17(2,15(21)24)12-6-4-3-5-7-12/h3-7H,8-10H2,1-2H3,(H,18,20,22). The molecule has 1 aliphatic heterocycles. The number of amides is 3. The summed E-state index contributed by atoms with van der Waals surface area (Å²) < 4.78 is 0. The SMILES string of the molecule is Cc1nnc(NC(=O)CCN2C(=O)CC(C)(c3ccccc3)C2=O)s1. The van der Waals surface area contributed by atoms with Crippen molar-refractivity contribution >= 4 is 34.2 Å². The summed E-state index contributed by atoms with van der Waals surface area (Å²) in [5.74, 6) is -0.816. The summed E-state index contributed by atoms with van der Waals surface area (Å²) >= 11 is 1.27. The van der Waals surface area contributed by atoms with Crippen LogP contribution in [-0.2, 0) is 19.8 Å². The van der Waals surface area contributed by atoms with Crippen molar-refractivity contribution in [2.45, 2.75) is 32.1 Å². The first-order valence-electron chi connectivity index (χ1n) is 7.90.